The van der Waals surface area contributed by atoms with Gasteiger partial charge in [0.15, 0.2) is 0 Å². The summed E-state index contributed by atoms with van der Waals surface area (Å²) >= 11 is 0.573. The predicted molar refractivity (Wildman–Crippen MR) is 90.6 cm³/mol. The summed E-state index contributed by atoms with van der Waals surface area (Å²) < 4.78 is 30.0. The van der Waals surface area contributed by atoms with E-state index in [1.807, 2.05) is 38.4 Å². The minimum atomic E-state index is -2.37. The van der Waals surface area contributed by atoms with Crippen molar-refractivity contribution in [2.45, 2.75) is 24.1 Å². The third-order valence-corrected chi connectivity index (χ3v) is 4.04. The van der Waals surface area contributed by atoms with E-state index in [2.05, 4.69) is 22.3 Å². The van der Waals surface area contributed by atoms with Crippen molar-refractivity contribution < 1.29 is 13.2 Å². The van der Waals surface area contributed by atoms with Crippen LogP contribution in [0.4, 0.5) is 8.78 Å². The standard InChI is InChI=1S/C17H22F2N2OS/c1-21(2)11-16(13-6-4-3-5-7-13)20-10-14-8-9-15(22-14)12-23-17(18)19/h3-9,16-17,20H,10-12H2,1-2H3. The van der Waals surface area contributed by atoms with Crippen LogP contribution >= 0.6 is 11.8 Å². The average molecular weight is 340 g/mol. The molecule has 2 rings (SSSR count). The molecule has 1 aromatic heterocycles. The van der Waals surface area contributed by atoms with Gasteiger partial charge < -0.3 is 14.6 Å². The topological polar surface area (TPSA) is 28.4 Å². The Kier molecular flexibility index (Phi) is 7.08. The molecule has 2 aromatic rings. The number of rotatable bonds is 9. The molecule has 0 radical (unpaired) electrons. The molecule has 6 heteroatoms. The Labute approximate surface area is 140 Å². The molecule has 1 unspecified atom stereocenters. The zero-order chi connectivity index (χ0) is 16.7. The number of nitrogens with one attached hydrogen (secondary N) is 1. The van der Waals surface area contributed by atoms with Gasteiger partial charge in [0, 0.05) is 12.6 Å². The Balaban J connectivity index is 1.93. The number of likely N-dealkylation sites (N-methyl/N-ethyl adjacent to an activating group) is 1. The molecule has 3 nitrogen and oxygen atoms in total. The first-order chi connectivity index (χ1) is 11.0. The second-order valence-corrected chi connectivity index (χ2v) is 6.52. The lowest BCUT2D eigenvalue weighted by atomic mass is 10.1. The lowest BCUT2D eigenvalue weighted by Gasteiger charge is -2.22. The molecule has 126 valence electrons. The van der Waals surface area contributed by atoms with Crippen molar-refractivity contribution in [2.75, 3.05) is 20.6 Å². The van der Waals surface area contributed by atoms with Gasteiger partial charge in [-0.15, -0.1) is 0 Å². The Morgan fingerprint density at radius 1 is 1.09 bits per heavy atom. The molecule has 1 N–H and O–H groups in total. The van der Waals surface area contributed by atoms with Gasteiger partial charge in [0.2, 0.25) is 0 Å². The summed E-state index contributed by atoms with van der Waals surface area (Å²) in [6.45, 7) is 1.42. The van der Waals surface area contributed by atoms with Gasteiger partial charge in [-0.2, -0.15) is 8.78 Å². The number of furan rings is 1. The monoisotopic (exact) mass is 340 g/mol. The highest BCUT2D eigenvalue weighted by Gasteiger charge is 2.13. The van der Waals surface area contributed by atoms with Crippen LogP contribution in [0, 0.1) is 0 Å². The second kappa shape index (κ2) is 9.05. The smallest absolute Gasteiger partial charge is 0.284 e. The Morgan fingerprint density at radius 3 is 2.43 bits per heavy atom. The van der Waals surface area contributed by atoms with Crippen LogP contribution in [0.15, 0.2) is 46.9 Å². The molecule has 0 aliphatic rings. The van der Waals surface area contributed by atoms with E-state index in [1.54, 1.807) is 6.07 Å². The van der Waals surface area contributed by atoms with Crippen LogP contribution in [-0.2, 0) is 12.3 Å². The van der Waals surface area contributed by atoms with Crippen molar-refractivity contribution in [1.82, 2.24) is 10.2 Å². The zero-order valence-electron chi connectivity index (χ0n) is 13.3. The molecule has 1 atom stereocenters. The van der Waals surface area contributed by atoms with Crippen LogP contribution in [0.1, 0.15) is 23.1 Å². The lowest BCUT2D eigenvalue weighted by Crippen LogP contribution is -2.30. The van der Waals surface area contributed by atoms with Gasteiger partial charge in [-0.1, -0.05) is 42.1 Å². The number of hydrogen-bond donors (Lipinski definition) is 1. The van der Waals surface area contributed by atoms with Gasteiger partial charge in [0.1, 0.15) is 11.5 Å². The molecule has 0 bridgehead atoms. The first kappa shape index (κ1) is 18.0. The molecular weight excluding hydrogens is 318 g/mol. The van der Waals surface area contributed by atoms with Gasteiger partial charge in [-0.25, -0.2) is 0 Å². The maximum atomic E-state index is 12.2. The fraction of sp³-hybridized carbons (Fsp3) is 0.412. The molecule has 23 heavy (non-hydrogen) atoms. The second-order valence-electron chi connectivity index (χ2n) is 5.55. The summed E-state index contributed by atoms with van der Waals surface area (Å²) in [7, 11) is 4.06. The Bertz CT molecular complexity index is 575. The van der Waals surface area contributed by atoms with Crippen molar-refractivity contribution in [2.24, 2.45) is 0 Å². The maximum Gasteiger partial charge on any atom is 0.284 e. The van der Waals surface area contributed by atoms with Crippen molar-refractivity contribution in [3.63, 3.8) is 0 Å². The van der Waals surface area contributed by atoms with Crippen LogP contribution in [0.25, 0.3) is 0 Å². The minimum absolute atomic E-state index is 0.176. The average Bonchev–Trinajstić information content (AvgIpc) is 2.98. The van der Waals surface area contributed by atoms with Gasteiger partial charge in [0.05, 0.1) is 12.3 Å². The first-order valence-electron chi connectivity index (χ1n) is 7.45. The summed E-state index contributed by atoms with van der Waals surface area (Å²) in [4.78, 5) is 2.12. The van der Waals surface area contributed by atoms with Crippen LogP contribution < -0.4 is 5.32 Å². The fourth-order valence-corrected chi connectivity index (χ4v) is 2.75. The highest BCUT2D eigenvalue weighted by Crippen LogP contribution is 2.21. The van der Waals surface area contributed by atoms with E-state index < -0.39 is 5.76 Å². The number of alkyl halides is 2. The summed E-state index contributed by atoms with van der Waals surface area (Å²) in [5, 5.41) is 3.47. The van der Waals surface area contributed by atoms with E-state index >= 15 is 0 Å². The van der Waals surface area contributed by atoms with Crippen LogP contribution in [0.3, 0.4) is 0 Å². The first-order valence-corrected chi connectivity index (χ1v) is 8.50. The van der Waals surface area contributed by atoms with E-state index in [4.69, 9.17) is 4.42 Å². The number of nitrogens with zero attached hydrogens (tertiary/aromatic N) is 1. The third-order valence-electron chi connectivity index (χ3n) is 3.34. The number of hydrogen-bond acceptors (Lipinski definition) is 4. The Morgan fingerprint density at radius 2 is 1.78 bits per heavy atom. The van der Waals surface area contributed by atoms with E-state index in [0.717, 1.165) is 12.3 Å². The number of halogens is 2. The molecule has 0 fully saturated rings. The summed E-state index contributed by atoms with van der Waals surface area (Å²) in [5.41, 5.74) is 1.21. The lowest BCUT2D eigenvalue weighted by molar-refractivity contribution is 0.251. The summed E-state index contributed by atoms with van der Waals surface area (Å²) in [5.74, 6) is -0.841. The van der Waals surface area contributed by atoms with Crippen molar-refractivity contribution in [1.29, 1.82) is 0 Å². The van der Waals surface area contributed by atoms with E-state index in [-0.39, 0.29) is 11.8 Å². The molecule has 0 amide bonds. The van der Waals surface area contributed by atoms with Crippen LogP contribution in [-0.4, -0.2) is 31.3 Å². The maximum absolute atomic E-state index is 12.2. The van der Waals surface area contributed by atoms with Crippen LogP contribution in [0.2, 0.25) is 0 Å². The largest absolute Gasteiger partial charge is 0.464 e. The van der Waals surface area contributed by atoms with Crippen molar-refractivity contribution in [3.8, 4) is 0 Å². The molecule has 0 saturated carbocycles. The highest BCUT2D eigenvalue weighted by atomic mass is 32.2. The molecule has 0 aliphatic heterocycles. The summed E-state index contributed by atoms with van der Waals surface area (Å²) in [6, 6.07) is 14.0. The molecular formula is C17H22F2N2OS. The van der Waals surface area contributed by atoms with Gasteiger partial charge in [0.25, 0.3) is 5.76 Å². The normalized spacial score (nSPS) is 13.0. The quantitative estimate of drug-likeness (QED) is 0.743. The van der Waals surface area contributed by atoms with Gasteiger partial charge in [-0.3, -0.25) is 0 Å². The van der Waals surface area contributed by atoms with Crippen LogP contribution in [0.5, 0.6) is 0 Å². The molecule has 0 spiro atoms. The van der Waals surface area contributed by atoms with Gasteiger partial charge in [-0.05, 0) is 31.8 Å². The number of benzene rings is 1. The fourth-order valence-electron chi connectivity index (χ4n) is 2.30. The van der Waals surface area contributed by atoms with E-state index in [0.29, 0.717) is 24.1 Å². The van der Waals surface area contributed by atoms with Crippen molar-refractivity contribution >= 4 is 11.8 Å². The SMILES string of the molecule is CN(C)CC(NCc1ccc(CSC(F)F)o1)c1ccccc1. The molecule has 1 aromatic carbocycles. The third kappa shape index (κ3) is 6.33. The minimum Gasteiger partial charge on any atom is -0.464 e. The molecule has 0 aliphatic carbocycles. The highest BCUT2D eigenvalue weighted by molar-refractivity contribution is 7.98. The molecule has 0 saturated heterocycles. The number of thioether (sulfide) groups is 1. The molecule has 1 heterocycles. The zero-order valence-corrected chi connectivity index (χ0v) is 14.2. The van der Waals surface area contributed by atoms with E-state index in [1.165, 1.54) is 5.56 Å². The van der Waals surface area contributed by atoms with E-state index in [9.17, 15) is 8.78 Å². The Hall–Kier alpha value is -1.37. The van der Waals surface area contributed by atoms with Crippen molar-refractivity contribution in [3.05, 3.63) is 59.5 Å². The predicted octanol–water partition coefficient (Wildman–Crippen LogP) is 4.13. The summed E-state index contributed by atoms with van der Waals surface area (Å²) in [6.07, 6.45) is 0. The van der Waals surface area contributed by atoms with Gasteiger partial charge >= 0.3 is 0 Å².